The normalized spacial score (nSPS) is 24.5. The molecule has 0 fully saturated rings. The number of Topliss-reactive ketones (excluding diaryl/α,β-unsaturated/α-hetero) is 2. The number of fused-ring (bicyclic) bond motifs is 3. The van der Waals surface area contributed by atoms with Crippen molar-refractivity contribution in [2.45, 2.75) is 31.0 Å². The molecule has 0 spiro atoms. The zero-order chi connectivity index (χ0) is 34.0. The summed E-state index contributed by atoms with van der Waals surface area (Å²) >= 11 is 0. The maximum atomic E-state index is 14.3. The van der Waals surface area contributed by atoms with Gasteiger partial charge in [0, 0.05) is 44.4 Å². The molecule has 0 radical (unpaired) electrons. The second-order valence-electron chi connectivity index (χ2n) is 13.3. The minimum absolute atomic E-state index is 0.0179. The Morgan fingerprint density at radius 1 is 1.04 bits per heavy atom. The first-order chi connectivity index (χ1) is 21.5. The van der Waals surface area contributed by atoms with Crippen LogP contribution >= 0.6 is 0 Å². The highest BCUT2D eigenvalue weighted by atomic mass is 16.4. The molecular weight excluding hydrogens is 594 g/mol. The van der Waals surface area contributed by atoms with Crippen molar-refractivity contribution in [3.8, 4) is 17.1 Å². The molecule has 0 aliphatic heterocycles. The molecule has 1 aromatic carbocycles. The van der Waals surface area contributed by atoms with Gasteiger partial charge < -0.3 is 40.4 Å². The number of furan rings is 1. The number of aromatic hydroxyl groups is 1. The first kappa shape index (κ1) is 33.2. The number of hydrogen-bond acceptors (Lipinski definition) is 12. The van der Waals surface area contributed by atoms with Crippen LogP contribution in [0.25, 0.3) is 11.3 Å². The topological polar surface area (TPSA) is 184 Å². The van der Waals surface area contributed by atoms with Crippen LogP contribution in [0.15, 0.2) is 45.3 Å². The maximum absolute atomic E-state index is 14.3. The van der Waals surface area contributed by atoms with Gasteiger partial charge in [0.15, 0.2) is 11.4 Å². The molecule has 3 aliphatic carbocycles. The summed E-state index contributed by atoms with van der Waals surface area (Å²) in [6.07, 6.45) is 0.208. The molecule has 248 valence electrons. The summed E-state index contributed by atoms with van der Waals surface area (Å²) in [5, 5.41) is 46.1. The van der Waals surface area contributed by atoms with Gasteiger partial charge in [-0.1, -0.05) is 0 Å². The minimum atomic E-state index is -2.70. The molecule has 0 saturated carbocycles. The standard InChI is InChI=1S/C33H43N5O8/c1-35(2)10-11-38(7)15-17-8-9-22(46-17)19-14-21(36(3)4)18-12-16-13-20-26(37(5)6)29(41)25(32(34)44)31(43)33(20,45)30(42)23(16)28(40)24(18)27(19)39/h8-9,14,16,20,26,39,41-42,45H,10-13,15H2,1-7H3,(H2,34,44). The first-order valence-corrected chi connectivity index (χ1v) is 15.1. The fraction of sp³-hybridized carbons (Fsp3) is 0.485. The van der Waals surface area contributed by atoms with Gasteiger partial charge >= 0.3 is 0 Å². The van der Waals surface area contributed by atoms with Crippen LogP contribution < -0.4 is 10.6 Å². The van der Waals surface area contributed by atoms with Gasteiger partial charge in [0.1, 0.15) is 34.4 Å². The van der Waals surface area contributed by atoms with Crippen molar-refractivity contribution in [2.24, 2.45) is 17.6 Å². The number of primary amides is 1. The lowest BCUT2D eigenvalue weighted by Crippen LogP contribution is -2.63. The molecule has 1 amide bonds. The van der Waals surface area contributed by atoms with Crippen LogP contribution in [0.3, 0.4) is 0 Å². The van der Waals surface area contributed by atoms with E-state index >= 15 is 0 Å². The molecule has 4 unspecified atom stereocenters. The highest BCUT2D eigenvalue weighted by Crippen LogP contribution is 2.54. The van der Waals surface area contributed by atoms with Crippen molar-refractivity contribution < 1.29 is 39.2 Å². The van der Waals surface area contributed by atoms with Crippen molar-refractivity contribution in [3.05, 3.63) is 57.8 Å². The molecule has 4 atom stereocenters. The smallest absolute Gasteiger partial charge is 0.255 e. The molecule has 6 N–H and O–H groups in total. The third kappa shape index (κ3) is 5.16. The van der Waals surface area contributed by atoms with Gasteiger partial charge in [0.2, 0.25) is 5.78 Å². The van der Waals surface area contributed by atoms with Gasteiger partial charge in [-0.05, 0) is 77.8 Å². The number of phenolic OH excluding ortho intramolecular Hbond substituents is 1. The number of likely N-dealkylation sites (N-methyl/N-ethyl adjacent to an activating group) is 3. The number of carbonyl (C=O) groups is 3. The number of nitrogens with two attached hydrogens (primary N) is 1. The van der Waals surface area contributed by atoms with Crippen LogP contribution in [0, 0.1) is 11.8 Å². The monoisotopic (exact) mass is 637 g/mol. The Morgan fingerprint density at radius 2 is 1.72 bits per heavy atom. The number of amides is 1. The molecule has 0 bridgehead atoms. The van der Waals surface area contributed by atoms with Crippen molar-refractivity contribution in [2.75, 3.05) is 67.3 Å². The van der Waals surface area contributed by atoms with Crippen LogP contribution in [0.2, 0.25) is 0 Å². The van der Waals surface area contributed by atoms with E-state index in [1.165, 1.54) is 4.90 Å². The molecule has 46 heavy (non-hydrogen) atoms. The number of ketones is 2. The van der Waals surface area contributed by atoms with Gasteiger partial charge in [-0.15, -0.1) is 0 Å². The third-order valence-corrected chi connectivity index (χ3v) is 9.46. The fourth-order valence-corrected chi connectivity index (χ4v) is 7.21. The Hall–Kier alpha value is -4.17. The Bertz CT molecular complexity index is 1670. The number of aliphatic hydroxyl groups excluding tert-OH is 2. The lowest BCUT2D eigenvalue weighted by atomic mass is 9.58. The molecule has 1 heterocycles. The van der Waals surface area contributed by atoms with Crippen molar-refractivity contribution in [3.63, 3.8) is 0 Å². The Kier molecular flexibility index (Phi) is 8.58. The van der Waals surface area contributed by atoms with Gasteiger partial charge in [0.25, 0.3) is 5.91 Å². The van der Waals surface area contributed by atoms with E-state index in [9.17, 15) is 34.8 Å². The van der Waals surface area contributed by atoms with Gasteiger partial charge in [0.05, 0.1) is 23.7 Å². The summed E-state index contributed by atoms with van der Waals surface area (Å²) < 4.78 is 6.13. The summed E-state index contributed by atoms with van der Waals surface area (Å²) in [6, 6.07) is 4.25. The van der Waals surface area contributed by atoms with Gasteiger partial charge in [-0.25, -0.2) is 0 Å². The number of carbonyl (C=O) groups excluding carboxylic acids is 3. The Morgan fingerprint density at radius 3 is 2.30 bits per heavy atom. The van der Waals surface area contributed by atoms with E-state index in [0.717, 1.165) is 13.1 Å². The average Bonchev–Trinajstić information content (AvgIpc) is 3.41. The van der Waals surface area contributed by atoms with E-state index in [2.05, 4.69) is 9.80 Å². The summed E-state index contributed by atoms with van der Waals surface area (Å²) in [5.41, 5.74) is 3.08. The zero-order valence-corrected chi connectivity index (χ0v) is 27.3. The van der Waals surface area contributed by atoms with E-state index in [0.29, 0.717) is 29.3 Å². The highest BCUT2D eigenvalue weighted by Gasteiger charge is 2.63. The maximum Gasteiger partial charge on any atom is 0.255 e. The number of rotatable bonds is 9. The van der Waals surface area contributed by atoms with E-state index in [1.54, 1.807) is 26.2 Å². The molecule has 13 nitrogen and oxygen atoms in total. The van der Waals surface area contributed by atoms with Crippen LogP contribution in [0.1, 0.15) is 28.1 Å². The second-order valence-corrected chi connectivity index (χ2v) is 13.3. The first-order valence-electron chi connectivity index (χ1n) is 15.1. The zero-order valence-electron chi connectivity index (χ0n) is 27.3. The van der Waals surface area contributed by atoms with Crippen molar-refractivity contribution in [1.29, 1.82) is 0 Å². The summed E-state index contributed by atoms with van der Waals surface area (Å²) in [5.74, 6) is -5.88. The predicted octanol–water partition coefficient (Wildman–Crippen LogP) is 1.44. The second kappa shape index (κ2) is 11.9. The quantitative estimate of drug-likeness (QED) is 0.250. The van der Waals surface area contributed by atoms with Crippen molar-refractivity contribution in [1.82, 2.24) is 14.7 Å². The van der Waals surface area contributed by atoms with Crippen LogP contribution in [0.4, 0.5) is 5.69 Å². The van der Waals surface area contributed by atoms with E-state index < -0.39 is 58.0 Å². The van der Waals surface area contributed by atoms with Crippen LogP contribution in [-0.2, 0) is 22.6 Å². The highest BCUT2D eigenvalue weighted by molar-refractivity contribution is 6.25. The molecule has 0 saturated heterocycles. The number of anilines is 1. The number of hydrogen-bond donors (Lipinski definition) is 5. The van der Waals surface area contributed by atoms with E-state index in [-0.39, 0.29) is 35.3 Å². The Labute approximate surface area is 267 Å². The number of benzene rings is 1. The van der Waals surface area contributed by atoms with Gasteiger partial charge in [-0.3, -0.25) is 24.2 Å². The number of aliphatic hydroxyl groups is 3. The fourth-order valence-electron chi connectivity index (χ4n) is 7.21. The number of nitrogens with zero attached hydrogens (tertiary/aromatic N) is 4. The molecule has 1 aromatic heterocycles. The molecular formula is C33H43N5O8. The molecule has 5 rings (SSSR count). The summed E-state index contributed by atoms with van der Waals surface area (Å²) in [7, 11) is 12.8. The lowest BCUT2D eigenvalue weighted by Gasteiger charge is -2.50. The SMILES string of the molecule is CN(C)CCN(C)Cc1ccc(-c2cc(N(C)C)c3c(c2O)C(=O)C2=C(O)C4(O)C(=O)C(C(N)=O)=C(O)C(N(C)C)C4CC2C3)o1. The van der Waals surface area contributed by atoms with E-state index in [4.69, 9.17) is 10.2 Å². The van der Waals surface area contributed by atoms with Crippen LogP contribution in [-0.4, -0.2) is 127 Å². The molecule has 2 aromatic rings. The Balaban J connectivity index is 1.62. The van der Waals surface area contributed by atoms with Crippen LogP contribution in [0.5, 0.6) is 5.75 Å². The molecule has 13 heteroatoms. The summed E-state index contributed by atoms with van der Waals surface area (Å²) in [6.45, 7) is 2.21. The average molecular weight is 638 g/mol. The van der Waals surface area contributed by atoms with E-state index in [1.807, 2.05) is 46.2 Å². The van der Waals surface area contributed by atoms with Gasteiger partial charge in [-0.2, -0.15) is 0 Å². The number of phenols is 1. The molecule has 3 aliphatic rings. The largest absolute Gasteiger partial charge is 0.510 e. The van der Waals surface area contributed by atoms with Crippen molar-refractivity contribution >= 4 is 23.2 Å². The lowest BCUT2D eigenvalue weighted by molar-refractivity contribution is -0.148. The number of allylic oxidation sites excluding steroid dienone is 1. The predicted molar refractivity (Wildman–Crippen MR) is 171 cm³/mol. The minimum Gasteiger partial charge on any atom is -0.510 e. The third-order valence-electron chi connectivity index (χ3n) is 9.46. The summed E-state index contributed by atoms with van der Waals surface area (Å²) in [4.78, 5) is 47.7.